The summed E-state index contributed by atoms with van der Waals surface area (Å²) >= 11 is 0. The van der Waals surface area contributed by atoms with Crippen molar-refractivity contribution < 1.29 is 0 Å². The van der Waals surface area contributed by atoms with Gasteiger partial charge in [-0.25, -0.2) is 0 Å². The van der Waals surface area contributed by atoms with E-state index in [1.807, 2.05) is 6.07 Å². The molecule has 0 aliphatic rings. The van der Waals surface area contributed by atoms with Crippen molar-refractivity contribution in [3.8, 4) is 0 Å². The SMILES string of the molecule is CN(C)[P+](/C=C/C=C/c1ccccc1)(N(C)C)N(C)C.c1ccc([B-](c2ccccc2)(c2ccccc2)c2ccccc2)cc1. The maximum Gasteiger partial charge on any atom is 0.253 e. The van der Waals surface area contributed by atoms with Crippen molar-refractivity contribution in [2.45, 2.75) is 0 Å². The molecule has 0 spiro atoms. The van der Waals surface area contributed by atoms with Crippen LogP contribution in [-0.2, 0) is 0 Å². The van der Waals surface area contributed by atoms with E-state index in [1.165, 1.54) is 27.4 Å². The average Bonchev–Trinajstić information content (AvgIpc) is 3.07. The molecule has 0 N–H and O–H groups in total. The fourth-order valence-electron chi connectivity index (χ4n) is 6.49. The Morgan fingerprint density at radius 2 is 0.689 bits per heavy atom. The number of nitrogens with zero attached hydrogens (tertiary/aromatic N) is 3. The van der Waals surface area contributed by atoms with Gasteiger partial charge in [-0.05, 0) is 11.6 Å². The summed E-state index contributed by atoms with van der Waals surface area (Å²) in [4.78, 5) is 0. The Morgan fingerprint density at radius 3 is 0.978 bits per heavy atom. The summed E-state index contributed by atoms with van der Waals surface area (Å²) < 4.78 is 6.92. The van der Waals surface area contributed by atoms with E-state index in [1.54, 1.807) is 0 Å². The minimum absolute atomic E-state index is 1.22. The monoisotopic (exact) mass is 611 g/mol. The normalized spacial score (nSPS) is 12.2. The summed E-state index contributed by atoms with van der Waals surface area (Å²) in [5.41, 5.74) is 6.58. The molecule has 0 aliphatic heterocycles. The van der Waals surface area contributed by atoms with E-state index in [9.17, 15) is 0 Å². The molecule has 5 heteroatoms. The van der Waals surface area contributed by atoms with Gasteiger partial charge in [0.25, 0.3) is 7.71 Å². The lowest BCUT2D eigenvalue weighted by molar-refractivity contribution is 0.472. The number of allylic oxidation sites excluding steroid dienone is 2. The van der Waals surface area contributed by atoms with Gasteiger partial charge in [0.2, 0.25) is 0 Å². The predicted octanol–water partition coefficient (Wildman–Crippen LogP) is 6.72. The zero-order chi connectivity index (χ0) is 32.1. The largest absolute Gasteiger partial charge is 0.253 e. The van der Waals surface area contributed by atoms with Gasteiger partial charge in [0.05, 0.1) is 0 Å². The van der Waals surface area contributed by atoms with E-state index in [4.69, 9.17) is 0 Å². The second-order valence-corrected chi connectivity index (χ2v) is 15.7. The van der Waals surface area contributed by atoms with E-state index >= 15 is 0 Å². The lowest BCUT2D eigenvalue weighted by atomic mass is 9.13. The molecule has 0 heterocycles. The van der Waals surface area contributed by atoms with Crippen LogP contribution in [0.1, 0.15) is 5.56 Å². The van der Waals surface area contributed by atoms with E-state index in [2.05, 4.69) is 226 Å². The highest BCUT2D eigenvalue weighted by atomic mass is 31.2. The topological polar surface area (TPSA) is 9.72 Å². The second-order valence-electron chi connectivity index (χ2n) is 11.8. The van der Waals surface area contributed by atoms with Crippen LogP contribution in [0.2, 0.25) is 0 Å². The summed E-state index contributed by atoms with van der Waals surface area (Å²) in [6, 6.07) is 53.9. The Labute approximate surface area is 272 Å². The molecule has 0 amide bonds. The number of hydrogen-bond acceptors (Lipinski definition) is 3. The number of benzene rings is 5. The first kappa shape index (κ1) is 33.8. The Bertz CT molecular complexity index is 1420. The van der Waals surface area contributed by atoms with Crippen molar-refractivity contribution >= 4 is 41.8 Å². The fourth-order valence-corrected chi connectivity index (χ4v) is 9.77. The van der Waals surface area contributed by atoms with Crippen LogP contribution in [-0.4, -0.2) is 62.4 Å². The van der Waals surface area contributed by atoms with Gasteiger partial charge in [-0.1, -0.05) is 164 Å². The molecule has 5 rings (SSSR count). The Balaban J connectivity index is 0.000000211. The molecule has 3 nitrogen and oxygen atoms in total. The Kier molecular flexibility index (Phi) is 12.3. The summed E-state index contributed by atoms with van der Waals surface area (Å²) in [6.07, 6.45) is 5.18. The molecule has 0 saturated heterocycles. The molecule has 0 aromatic heterocycles. The molecule has 0 aliphatic carbocycles. The summed E-state index contributed by atoms with van der Waals surface area (Å²) in [5, 5.41) is 0. The van der Waals surface area contributed by atoms with Gasteiger partial charge in [0.15, 0.2) is 0 Å². The van der Waals surface area contributed by atoms with Crippen LogP contribution in [0, 0.1) is 0 Å². The van der Waals surface area contributed by atoms with Gasteiger partial charge in [0, 0.05) is 42.3 Å². The van der Waals surface area contributed by atoms with Crippen LogP contribution in [0.25, 0.3) is 6.08 Å². The predicted molar refractivity (Wildman–Crippen MR) is 203 cm³/mol. The molecule has 45 heavy (non-hydrogen) atoms. The first-order valence-corrected chi connectivity index (χ1v) is 17.3. The van der Waals surface area contributed by atoms with Crippen LogP contribution in [0.5, 0.6) is 0 Å². The summed E-state index contributed by atoms with van der Waals surface area (Å²) in [6.45, 7) is 0. The molecule has 5 aromatic rings. The highest BCUT2D eigenvalue weighted by molar-refractivity contribution is 7.72. The van der Waals surface area contributed by atoms with Crippen molar-refractivity contribution in [1.82, 2.24) is 14.0 Å². The Hall–Kier alpha value is -4.05. The molecule has 0 saturated carbocycles. The maximum atomic E-state index is 2.31. The number of rotatable bonds is 10. The zero-order valence-corrected chi connectivity index (χ0v) is 28.5. The molecule has 0 bridgehead atoms. The molecule has 5 aromatic carbocycles. The molecule has 0 unspecified atom stereocenters. The minimum atomic E-state index is -1.57. The van der Waals surface area contributed by atoms with Gasteiger partial charge in [-0.2, -0.15) is 35.9 Å². The average molecular weight is 612 g/mol. The van der Waals surface area contributed by atoms with Crippen LogP contribution < -0.4 is 21.9 Å². The van der Waals surface area contributed by atoms with Crippen molar-refractivity contribution in [3.05, 3.63) is 175 Å². The summed E-state index contributed by atoms with van der Waals surface area (Å²) in [5.74, 6) is 2.31. The van der Waals surface area contributed by atoms with Crippen molar-refractivity contribution in [2.24, 2.45) is 0 Å². The van der Waals surface area contributed by atoms with Crippen LogP contribution in [0.3, 0.4) is 0 Å². The zero-order valence-electron chi connectivity index (χ0n) is 27.6. The number of hydrogen-bond donors (Lipinski definition) is 0. The lowest BCUT2D eigenvalue weighted by Crippen LogP contribution is -2.74. The Morgan fingerprint density at radius 1 is 0.400 bits per heavy atom. The molecular formula is C40H47BN3P. The first-order valence-electron chi connectivity index (χ1n) is 15.5. The van der Waals surface area contributed by atoms with Crippen LogP contribution >= 0.6 is 7.71 Å². The molecule has 0 atom stereocenters. The molecule has 230 valence electrons. The lowest BCUT2D eigenvalue weighted by Gasteiger charge is -2.44. The van der Waals surface area contributed by atoms with Gasteiger partial charge in [-0.15, -0.1) is 0 Å². The standard InChI is InChI=1S/C24H20B.C16H27N3P/c1-5-13-21(14-6-1)25(22-15-7-2-8-16-22,23-17-9-3-10-18-23)24-19-11-4-12-20-24;1-17(2)20(18(3)4,19(5)6)15-11-10-14-16-12-8-7-9-13-16/h1-20H;7-15H,1-6H3/q-1;+1/b;14-10+,15-11+. The molecule has 0 radical (unpaired) electrons. The van der Waals surface area contributed by atoms with Gasteiger partial charge >= 0.3 is 0 Å². The van der Waals surface area contributed by atoms with E-state index < -0.39 is 13.9 Å². The highest BCUT2D eigenvalue weighted by Gasteiger charge is 2.45. The third-order valence-electron chi connectivity index (χ3n) is 8.45. The highest BCUT2D eigenvalue weighted by Crippen LogP contribution is 2.64. The van der Waals surface area contributed by atoms with Gasteiger partial charge < -0.3 is 0 Å². The van der Waals surface area contributed by atoms with Crippen LogP contribution in [0.15, 0.2) is 170 Å². The fraction of sp³-hybridized carbons (Fsp3) is 0.150. The molecule has 0 fully saturated rings. The van der Waals surface area contributed by atoms with Gasteiger partial charge in [-0.3, -0.25) is 0 Å². The third kappa shape index (κ3) is 7.79. The maximum absolute atomic E-state index is 2.31. The third-order valence-corrected chi connectivity index (χ3v) is 12.6. The first-order chi connectivity index (χ1) is 21.8. The van der Waals surface area contributed by atoms with Crippen molar-refractivity contribution in [2.75, 3.05) is 42.3 Å². The molecular weight excluding hydrogens is 564 g/mol. The van der Waals surface area contributed by atoms with E-state index in [0.717, 1.165) is 0 Å². The van der Waals surface area contributed by atoms with Crippen molar-refractivity contribution in [3.63, 3.8) is 0 Å². The smallest absolute Gasteiger partial charge is 0.195 e. The van der Waals surface area contributed by atoms with E-state index in [-0.39, 0.29) is 0 Å². The van der Waals surface area contributed by atoms with Gasteiger partial charge in [0.1, 0.15) is 12.0 Å². The van der Waals surface area contributed by atoms with Crippen molar-refractivity contribution in [1.29, 1.82) is 0 Å². The van der Waals surface area contributed by atoms with E-state index in [0.29, 0.717) is 0 Å². The van der Waals surface area contributed by atoms with Crippen LogP contribution in [0.4, 0.5) is 0 Å². The summed E-state index contributed by atoms with van der Waals surface area (Å²) in [7, 11) is 11.3. The second kappa shape index (κ2) is 16.3. The minimum Gasteiger partial charge on any atom is -0.195 e. The quantitative estimate of drug-likeness (QED) is 0.0986.